The lowest BCUT2D eigenvalue weighted by molar-refractivity contribution is 0.127. The Kier molecular flexibility index (Phi) is 14.3. The average Bonchev–Trinajstić information content (AvgIpc) is 3.06. The summed E-state index contributed by atoms with van der Waals surface area (Å²) >= 11 is 6.99. The maximum atomic E-state index is 6.99. The van der Waals surface area contributed by atoms with E-state index in [4.69, 9.17) is 26.6 Å². The summed E-state index contributed by atoms with van der Waals surface area (Å²) in [6.45, 7) is 25.6. The smallest absolute Gasteiger partial charge is 0.232 e. The Morgan fingerprint density at radius 1 is 0.533 bits per heavy atom. The van der Waals surface area contributed by atoms with Crippen LogP contribution in [0.25, 0.3) is 0 Å². The van der Waals surface area contributed by atoms with E-state index < -0.39 is 0 Å². The van der Waals surface area contributed by atoms with Crippen molar-refractivity contribution in [3.63, 3.8) is 0 Å². The molecule has 1 aromatic rings. The van der Waals surface area contributed by atoms with Gasteiger partial charge < -0.3 is 20.4 Å². The van der Waals surface area contributed by atoms with Gasteiger partial charge in [0.25, 0.3) is 0 Å². The number of halogens is 1. The van der Waals surface area contributed by atoms with Crippen molar-refractivity contribution in [1.29, 1.82) is 0 Å². The van der Waals surface area contributed by atoms with Crippen molar-refractivity contribution in [2.75, 3.05) is 22.9 Å². The quantitative estimate of drug-likeness (QED) is 0.154. The Morgan fingerprint density at radius 3 is 1.07 bits per heavy atom. The molecule has 0 bridgehead atoms. The third kappa shape index (κ3) is 7.61. The Balaban J connectivity index is 2.20. The third-order valence-corrected chi connectivity index (χ3v) is 12.7. The Hall–Kier alpha value is -1.18. The fourth-order valence-corrected chi connectivity index (χ4v) is 9.55. The molecule has 2 aliphatic heterocycles. The van der Waals surface area contributed by atoms with Gasteiger partial charge in [0, 0.05) is 34.2 Å². The summed E-state index contributed by atoms with van der Waals surface area (Å²) < 4.78 is 0. The summed E-state index contributed by atoms with van der Waals surface area (Å²) in [5.41, 5.74) is -0.200. The van der Waals surface area contributed by atoms with E-state index in [9.17, 15) is 0 Å². The molecule has 3 heterocycles. The van der Waals surface area contributed by atoms with Crippen LogP contribution in [-0.4, -0.2) is 62.3 Å². The van der Waals surface area contributed by atoms with Crippen molar-refractivity contribution >= 4 is 23.5 Å². The molecule has 1 aromatic heterocycles. The highest BCUT2D eigenvalue weighted by Crippen LogP contribution is 2.51. The maximum Gasteiger partial charge on any atom is 0.232 e. The lowest BCUT2D eigenvalue weighted by atomic mass is 9.69. The van der Waals surface area contributed by atoms with E-state index in [2.05, 4.69) is 89.7 Å². The monoisotopic (exact) mass is 648 g/mol. The number of anilines is 2. The molecule has 8 heteroatoms. The number of nitrogens with one attached hydrogen (secondary N) is 2. The highest BCUT2D eigenvalue weighted by Gasteiger charge is 2.55. The summed E-state index contributed by atoms with van der Waals surface area (Å²) in [4.78, 5) is 20.9. The lowest BCUT2D eigenvalue weighted by Crippen LogP contribution is -2.69. The molecule has 260 valence electrons. The minimum Gasteiger partial charge on any atom is -0.329 e. The molecule has 0 amide bonds. The zero-order valence-corrected chi connectivity index (χ0v) is 31.8. The summed E-state index contributed by atoms with van der Waals surface area (Å²) in [7, 11) is 0. The molecule has 2 aliphatic rings. The van der Waals surface area contributed by atoms with E-state index in [1.165, 1.54) is 25.7 Å². The van der Waals surface area contributed by atoms with Gasteiger partial charge in [0.1, 0.15) is 0 Å². The summed E-state index contributed by atoms with van der Waals surface area (Å²) in [6, 6.07) is 0.980. The number of nitrogens with zero attached hydrogens (tertiary/aromatic N) is 5. The first-order valence-corrected chi connectivity index (χ1v) is 19.5. The van der Waals surface area contributed by atoms with Crippen molar-refractivity contribution in [3.8, 4) is 0 Å². The van der Waals surface area contributed by atoms with Crippen molar-refractivity contribution in [3.05, 3.63) is 5.28 Å². The summed E-state index contributed by atoms with van der Waals surface area (Å²) in [5, 5.41) is 8.26. The fraction of sp³-hybridized carbons (Fsp3) is 0.919. The van der Waals surface area contributed by atoms with Crippen molar-refractivity contribution in [2.24, 2.45) is 0 Å². The molecule has 7 nitrogen and oxygen atoms in total. The Morgan fingerprint density at radius 2 is 0.822 bits per heavy atom. The summed E-state index contributed by atoms with van der Waals surface area (Å²) in [6.07, 6.45) is 17.7. The molecule has 0 saturated carbocycles. The van der Waals surface area contributed by atoms with Gasteiger partial charge in [-0.05, 0) is 115 Å². The minimum absolute atomic E-state index is 0.0501. The normalized spacial score (nSPS) is 21.4. The van der Waals surface area contributed by atoms with Gasteiger partial charge in [-0.25, -0.2) is 0 Å². The number of rotatable bonds is 18. The second-order valence-electron chi connectivity index (χ2n) is 14.4. The van der Waals surface area contributed by atoms with Gasteiger partial charge >= 0.3 is 0 Å². The first-order chi connectivity index (χ1) is 21.6. The highest BCUT2D eigenvalue weighted by molar-refractivity contribution is 6.28. The molecule has 0 spiro atoms. The molecule has 45 heavy (non-hydrogen) atoms. The molecular formula is C37H70ClN7. The van der Waals surface area contributed by atoms with Crippen LogP contribution in [-0.2, 0) is 0 Å². The Bertz CT molecular complexity index is 896. The molecular weight excluding hydrogens is 578 g/mol. The SMILES string of the molecule is CCCCNC1CC(CC)(CC)N(c2nc(Cl)nc(N3C(CC)(CC)CC(NCCCC)CC3(CC)CC)n2)C(CC)(CC)C1. The van der Waals surface area contributed by atoms with Crippen molar-refractivity contribution in [1.82, 2.24) is 25.6 Å². The molecule has 2 N–H and O–H groups in total. The molecule has 0 aromatic carbocycles. The number of aromatic nitrogens is 3. The minimum atomic E-state index is -0.0501. The highest BCUT2D eigenvalue weighted by atomic mass is 35.5. The van der Waals surface area contributed by atoms with Gasteiger partial charge in [0.2, 0.25) is 17.2 Å². The zero-order valence-electron chi connectivity index (χ0n) is 31.0. The van der Waals surface area contributed by atoms with E-state index in [-0.39, 0.29) is 22.2 Å². The lowest BCUT2D eigenvalue weighted by Gasteiger charge is -2.61. The van der Waals surface area contributed by atoms with Crippen LogP contribution >= 0.6 is 11.6 Å². The fourth-order valence-electron chi connectivity index (χ4n) is 9.40. The standard InChI is InChI=1S/C37H70ClN7/c1-11-21-23-39-29-25-34(13-3,14-4)44(35(15-5,16-6)26-29)32-41-31(38)42-33(43-32)45-36(17-7,18-8)27-30(40-24-22-12-2)28-37(45,19-9)20-10/h29-30,39-40H,11-28H2,1-10H3. The number of hydrogen-bond acceptors (Lipinski definition) is 7. The Labute approximate surface area is 282 Å². The number of unbranched alkanes of at least 4 members (excludes halogenated alkanes) is 2. The molecule has 0 atom stereocenters. The van der Waals surface area contributed by atoms with Gasteiger partial charge in [-0.3, -0.25) is 0 Å². The third-order valence-electron chi connectivity index (χ3n) is 12.6. The molecule has 2 fully saturated rings. The van der Waals surface area contributed by atoms with Gasteiger partial charge in [-0.2, -0.15) is 15.0 Å². The van der Waals surface area contributed by atoms with Crippen molar-refractivity contribution < 1.29 is 0 Å². The predicted octanol–water partition coefficient (Wildman–Crippen LogP) is 9.48. The second-order valence-corrected chi connectivity index (χ2v) is 14.8. The maximum absolute atomic E-state index is 6.99. The first kappa shape index (κ1) is 38.3. The predicted molar refractivity (Wildman–Crippen MR) is 195 cm³/mol. The molecule has 2 saturated heterocycles. The molecule has 0 aliphatic carbocycles. The largest absolute Gasteiger partial charge is 0.329 e. The van der Waals surface area contributed by atoms with Crippen LogP contribution in [0, 0.1) is 0 Å². The molecule has 3 rings (SSSR count). The van der Waals surface area contributed by atoms with Crippen LogP contribution in [0.4, 0.5) is 11.9 Å². The van der Waals surface area contributed by atoms with Crippen molar-refractivity contribution in [2.45, 2.75) is 206 Å². The van der Waals surface area contributed by atoms with Crippen LogP contribution in [0.3, 0.4) is 0 Å². The van der Waals surface area contributed by atoms with E-state index in [1.54, 1.807) is 0 Å². The van der Waals surface area contributed by atoms with Gasteiger partial charge in [0.15, 0.2) is 0 Å². The average molecular weight is 648 g/mol. The van der Waals surface area contributed by atoms with E-state index >= 15 is 0 Å². The zero-order chi connectivity index (χ0) is 33.3. The van der Waals surface area contributed by atoms with E-state index in [0.29, 0.717) is 17.4 Å². The second kappa shape index (κ2) is 16.8. The van der Waals surface area contributed by atoms with Gasteiger partial charge in [-0.1, -0.05) is 82.1 Å². The van der Waals surface area contributed by atoms with E-state index in [1.807, 2.05) is 0 Å². The summed E-state index contributed by atoms with van der Waals surface area (Å²) in [5.74, 6) is 1.57. The topological polar surface area (TPSA) is 69.2 Å². The van der Waals surface area contributed by atoms with Crippen LogP contribution in [0.5, 0.6) is 0 Å². The first-order valence-electron chi connectivity index (χ1n) is 19.1. The number of piperidine rings is 2. The molecule has 0 unspecified atom stereocenters. The van der Waals surface area contributed by atoms with Gasteiger partial charge in [0.05, 0.1) is 0 Å². The number of hydrogen-bond donors (Lipinski definition) is 2. The van der Waals surface area contributed by atoms with Crippen LogP contribution < -0.4 is 20.4 Å². The molecule has 0 radical (unpaired) electrons. The van der Waals surface area contributed by atoms with Crippen LogP contribution in [0.15, 0.2) is 0 Å². The van der Waals surface area contributed by atoms with Gasteiger partial charge in [-0.15, -0.1) is 0 Å². The van der Waals surface area contributed by atoms with E-state index in [0.717, 1.165) is 102 Å². The van der Waals surface area contributed by atoms with Crippen LogP contribution in [0.2, 0.25) is 5.28 Å². The van der Waals surface area contributed by atoms with Crippen LogP contribution in [0.1, 0.15) is 172 Å².